The second-order valence-corrected chi connectivity index (χ2v) is 10.1. The monoisotopic (exact) mass is 643 g/mol. The number of ether oxygens (including phenoxy) is 2. The van der Waals surface area contributed by atoms with Crippen molar-refractivity contribution in [3.63, 3.8) is 0 Å². The minimum atomic E-state index is -0.807. The van der Waals surface area contributed by atoms with Crippen molar-refractivity contribution in [2.24, 2.45) is 0 Å². The molecule has 1 atom stereocenters. The lowest BCUT2D eigenvalue weighted by Gasteiger charge is -2.24. The van der Waals surface area contributed by atoms with Gasteiger partial charge >= 0.3 is 5.97 Å². The number of carbonyl (C=O) groups is 3. The molecule has 0 saturated carbocycles. The quantitative estimate of drug-likeness (QED) is 0.199. The molecular weight excluding hydrogens is 617 g/mol. The fourth-order valence-electron chi connectivity index (χ4n) is 4.06. The maximum Gasteiger partial charge on any atom is 0.338 e. The molecule has 0 aromatic heterocycles. The second-order valence-electron chi connectivity index (χ2n) is 8.47. The molecule has 0 spiro atoms. The third kappa shape index (κ3) is 6.30. The number of carbonyl (C=O) groups excluding carboxylic acids is 3. The molecule has 0 bridgehead atoms. The molecule has 0 aliphatic carbocycles. The van der Waals surface area contributed by atoms with Crippen LogP contribution in [0.2, 0.25) is 0 Å². The fraction of sp³-hybridized carbons (Fsp3) is 0.214. The predicted octanol–water partition coefficient (Wildman–Crippen LogP) is 5.01. The van der Waals surface area contributed by atoms with Crippen LogP contribution in [0.5, 0.6) is 5.75 Å². The lowest BCUT2D eigenvalue weighted by molar-refractivity contribution is -0.124. The Balaban J connectivity index is 1.59. The minimum absolute atomic E-state index is 0.0848. The van der Waals surface area contributed by atoms with Crippen LogP contribution in [-0.2, 0) is 20.9 Å². The minimum Gasteiger partial charge on any atom is -0.497 e. The molecular formula is C28H26IN3O5S. The van der Waals surface area contributed by atoms with E-state index in [9.17, 15) is 14.4 Å². The van der Waals surface area contributed by atoms with Crippen LogP contribution in [0.25, 0.3) is 0 Å². The predicted molar refractivity (Wildman–Crippen MR) is 157 cm³/mol. The normalized spacial score (nSPS) is 15.0. The van der Waals surface area contributed by atoms with Crippen molar-refractivity contribution in [1.82, 2.24) is 4.90 Å². The number of esters is 1. The second kappa shape index (κ2) is 12.4. The molecule has 4 rings (SSSR count). The highest BCUT2D eigenvalue weighted by Crippen LogP contribution is 2.30. The summed E-state index contributed by atoms with van der Waals surface area (Å²) in [6.07, 6.45) is -0.0848. The van der Waals surface area contributed by atoms with Gasteiger partial charge in [0.15, 0.2) is 5.11 Å². The van der Waals surface area contributed by atoms with Crippen molar-refractivity contribution in [3.8, 4) is 5.75 Å². The molecule has 1 N–H and O–H groups in total. The van der Waals surface area contributed by atoms with Gasteiger partial charge in [0.1, 0.15) is 11.8 Å². The Bertz CT molecular complexity index is 1330. The van der Waals surface area contributed by atoms with Crippen molar-refractivity contribution >= 4 is 69.1 Å². The van der Waals surface area contributed by atoms with Crippen molar-refractivity contribution < 1.29 is 23.9 Å². The van der Waals surface area contributed by atoms with E-state index in [1.165, 1.54) is 4.90 Å². The molecule has 1 fully saturated rings. The van der Waals surface area contributed by atoms with E-state index >= 15 is 0 Å². The summed E-state index contributed by atoms with van der Waals surface area (Å²) in [7, 11) is 1.59. The molecule has 1 aliphatic heterocycles. The summed E-state index contributed by atoms with van der Waals surface area (Å²) in [5, 5.41) is 3.15. The van der Waals surface area contributed by atoms with Crippen LogP contribution in [0.15, 0.2) is 72.8 Å². The van der Waals surface area contributed by atoms with Gasteiger partial charge in [-0.15, -0.1) is 0 Å². The van der Waals surface area contributed by atoms with E-state index in [1.807, 2.05) is 48.5 Å². The van der Waals surface area contributed by atoms with Crippen LogP contribution < -0.4 is 15.0 Å². The van der Waals surface area contributed by atoms with Gasteiger partial charge in [-0.1, -0.05) is 12.1 Å². The number of benzene rings is 3. The van der Waals surface area contributed by atoms with Crippen molar-refractivity contribution in [1.29, 1.82) is 0 Å². The standard InChI is InChI=1S/C28H26IN3O5S/c1-3-37-27(35)19-6-12-22(13-7-19)32-26(34)24(16-25(33)30-21-10-8-20(29)9-11-21)31(28(32)38)17-18-4-14-23(36-2)15-5-18/h4-15,24H,3,16-17H2,1-2H3,(H,30,33). The molecule has 8 nitrogen and oxygen atoms in total. The first-order chi connectivity index (χ1) is 18.3. The van der Waals surface area contributed by atoms with Gasteiger partial charge in [0.2, 0.25) is 5.91 Å². The highest BCUT2D eigenvalue weighted by molar-refractivity contribution is 14.1. The smallest absolute Gasteiger partial charge is 0.338 e. The number of halogens is 1. The van der Waals surface area contributed by atoms with Crippen LogP contribution in [0, 0.1) is 3.57 Å². The number of hydrogen-bond donors (Lipinski definition) is 1. The van der Waals surface area contributed by atoms with Crippen LogP contribution in [0.1, 0.15) is 29.3 Å². The van der Waals surface area contributed by atoms with Gasteiger partial charge in [0, 0.05) is 15.8 Å². The summed E-state index contributed by atoms with van der Waals surface area (Å²) in [6, 6.07) is 20.5. The van der Waals surface area contributed by atoms with E-state index in [0.29, 0.717) is 29.2 Å². The van der Waals surface area contributed by atoms with E-state index in [4.69, 9.17) is 21.7 Å². The van der Waals surface area contributed by atoms with Gasteiger partial charge in [-0.3, -0.25) is 14.5 Å². The number of hydrogen-bond acceptors (Lipinski definition) is 6. The van der Waals surface area contributed by atoms with Gasteiger partial charge < -0.3 is 19.7 Å². The summed E-state index contributed by atoms with van der Waals surface area (Å²) in [5.41, 5.74) is 2.44. The molecule has 1 unspecified atom stereocenters. The molecule has 3 aromatic carbocycles. The molecule has 1 heterocycles. The zero-order valence-corrected chi connectivity index (χ0v) is 23.8. The zero-order valence-electron chi connectivity index (χ0n) is 20.8. The lowest BCUT2D eigenvalue weighted by Crippen LogP contribution is -2.37. The Kier molecular flexibility index (Phi) is 8.95. The van der Waals surface area contributed by atoms with E-state index in [0.717, 1.165) is 9.13 Å². The van der Waals surface area contributed by atoms with Crippen LogP contribution >= 0.6 is 34.8 Å². The van der Waals surface area contributed by atoms with E-state index in [-0.39, 0.29) is 30.0 Å². The zero-order chi connectivity index (χ0) is 27.2. The number of nitrogens with one attached hydrogen (secondary N) is 1. The van der Waals surface area contributed by atoms with Crippen molar-refractivity contribution in [2.45, 2.75) is 25.9 Å². The number of anilines is 2. The summed E-state index contributed by atoms with van der Waals surface area (Å²) in [5.74, 6) is -0.344. The number of amides is 2. The van der Waals surface area contributed by atoms with Gasteiger partial charge in [-0.05, 0) is 108 Å². The molecule has 0 radical (unpaired) electrons. The number of rotatable bonds is 9. The van der Waals surface area contributed by atoms with Gasteiger partial charge in [-0.25, -0.2) is 4.79 Å². The third-order valence-electron chi connectivity index (χ3n) is 5.97. The molecule has 1 saturated heterocycles. The summed E-state index contributed by atoms with van der Waals surface area (Å²) in [4.78, 5) is 41.9. The summed E-state index contributed by atoms with van der Waals surface area (Å²) >= 11 is 7.94. The molecule has 2 amide bonds. The first-order valence-corrected chi connectivity index (χ1v) is 13.4. The third-order valence-corrected chi connectivity index (χ3v) is 7.11. The molecule has 3 aromatic rings. The van der Waals surface area contributed by atoms with Crippen LogP contribution in [-0.4, -0.2) is 47.6 Å². The van der Waals surface area contributed by atoms with Crippen molar-refractivity contribution in [2.75, 3.05) is 23.9 Å². The Morgan fingerprint density at radius 2 is 1.66 bits per heavy atom. The molecule has 38 heavy (non-hydrogen) atoms. The fourth-order valence-corrected chi connectivity index (χ4v) is 4.81. The SMILES string of the molecule is CCOC(=O)c1ccc(N2C(=O)C(CC(=O)Nc3ccc(I)cc3)N(Cc3ccc(OC)cc3)C2=S)cc1. The van der Waals surface area contributed by atoms with Crippen LogP contribution in [0.4, 0.5) is 11.4 Å². The average Bonchev–Trinajstić information content (AvgIpc) is 3.14. The summed E-state index contributed by atoms with van der Waals surface area (Å²) in [6.45, 7) is 2.33. The topological polar surface area (TPSA) is 88.2 Å². The molecule has 196 valence electrons. The van der Waals surface area contributed by atoms with Gasteiger partial charge in [0.05, 0.1) is 31.4 Å². The number of methoxy groups -OCH3 is 1. The first-order valence-electron chi connectivity index (χ1n) is 11.9. The number of nitrogens with zero attached hydrogens (tertiary/aromatic N) is 2. The van der Waals surface area contributed by atoms with E-state index in [1.54, 1.807) is 43.2 Å². The Labute approximate surface area is 240 Å². The van der Waals surface area contributed by atoms with E-state index in [2.05, 4.69) is 27.9 Å². The maximum atomic E-state index is 13.7. The average molecular weight is 644 g/mol. The van der Waals surface area contributed by atoms with E-state index < -0.39 is 12.0 Å². The largest absolute Gasteiger partial charge is 0.497 e. The Morgan fingerprint density at radius 1 is 1.00 bits per heavy atom. The maximum absolute atomic E-state index is 13.7. The highest BCUT2D eigenvalue weighted by atomic mass is 127. The highest BCUT2D eigenvalue weighted by Gasteiger charge is 2.44. The summed E-state index contributed by atoms with van der Waals surface area (Å²) < 4.78 is 11.3. The van der Waals surface area contributed by atoms with Gasteiger partial charge in [0.25, 0.3) is 5.91 Å². The lowest BCUT2D eigenvalue weighted by atomic mass is 10.1. The first kappa shape index (κ1) is 27.5. The Hall–Kier alpha value is -3.51. The number of thiocarbonyl (C=S) groups is 1. The van der Waals surface area contributed by atoms with Crippen molar-refractivity contribution in [3.05, 3.63) is 87.5 Å². The molecule has 10 heteroatoms. The van der Waals surface area contributed by atoms with Crippen LogP contribution in [0.3, 0.4) is 0 Å². The molecule has 1 aliphatic rings. The Morgan fingerprint density at radius 3 is 2.26 bits per heavy atom. The van der Waals surface area contributed by atoms with Gasteiger partial charge in [-0.2, -0.15) is 0 Å².